The van der Waals surface area contributed by atoms with Crippen molar-refractivity contribution in [2.45, 2.75) is 38.6 Å². The molecule has 0 unspecified atom stereocenters. The first-order valence-corrected chi connectivity index (χ1v) is 6.99. The highest BCUT2D eigenvalue weighted by Gasteiger charge is 2.23. The SMILES string of the molecule is CC(C)c1ccc2c(c1)C=N[C@@H]2CCC1COC1. The molecule has 1 fully saturated rings. The predicted octanol–water partition coefficient (Wildman–Crippen LogP) is 3.71. The van der Waals surface area contributed by atoms with Crippen LogP contribution in [0.15, 0.2) is 23.2 Å². The molecule has 2 aliphatic heterocycles. The maximum absolute atomic E-state index is 5.22. The largest absolute Gasteiger partial charge is 0.381 e. The average molecular weight is 243 g/mol. The van der Waals surface area contributed by atoms with Crippen LogP contribution in [0.25, 0.3) is 0 Å². The molecular formula is C16H21NO. The van der Waals surface area contributed by atoms with Crippen LogP contribution in [0.3, 0.4) is 0 Å². The quantitative estimate of drug-likeness (QED) is 0.790. The zero-order valence-electron chi connectivity index (χ0n) is 11.2. The number of ether oxygens (including phenoxy) is 1. The lowest BCUT2D eigenvalue weighted by Gasteiger charge is -2.26. The number of aliphatic imine (C=N–C) groups is 1. The van der Waals surface area contributed by atoms with Crippen molar-refractivity contribution in [2.75, 3.05) is 13.2 Å². The maximum atomic E-state index is 5.22. The molecule has 0 radical (unpaired) electrons. The zero-order chi connectivity index (χ0) is 12.5. The fraction of sp³-hybridized carbons (Fsp3) is 0.562. The fourth-order valence-electron chi connectivity index (χ4n) is 2.69. The van der Waals surface area contributed by atoms with Crippen LogP contribution in [0.5, 0.6) is 0 Å². The molecule has 0 saturated carbocycles. The molecule has 18 heavy (non-hydrogen) atoms. The molecule has 1 atom stereocenters. The van der Waals surface area contributed by atoms with Crippen LogP contribution in [0.2, 0.25) is 0 Å². The van der Waals surface area contributed by atoms with Gasteiger partial charge in [-0.05, 0) is 41.5 Å². The highest BCUT2D eigenvalue weighted by atomic mass is 16.5. The van der Waals surface area contributed by atoms with Gasteiger partial charge in [-0.25, -0.2) is 0 Å². The lowest BCUT2D eigenvalue weighted by Crippen LogP contribution is -2.27. The molecule has 0 aliphatic carbocycles. The first kappa shape index (κ1) is 11.9. The summed E-state index contributed by atoms with van der Waals surface area (Å²) < 4.78 is 5.22. The van der Waals surface area contributed by atoms with Gasteiger partial charge in [0.15, 0.2) is 0 Å². The van der Waals surface area contributed by atoms with Gasteiger partial charge in [0.05, 0.1) is 19.3 Å². The Hall–Kier alpha value is -1.15. The molecular weight excluding hydrogens is 222 g/mol. The summed E-state index contributed by atoms with van der Waals surface area (Å²) in [6.45, 7) is 6.38. The van der Waals surface area contributed by atoms with Gasteiger partial charge in [0.25, 0.3) is 0 Å². The molecule has 1 saturated heterocycles. The third kappa shape index (κ3) is 2.22. The van der Waals surface area contributed by atoms with Crippen molar-refractivity contribution in [2.24, 2.45) is 10.9 Å². The molecule has 2 heteroatoms. The zero-order valence-corrected chi connectivity index (χ0v) is 11.2. The third-order valence-electron chi connectivity index (χ3n) is 4.09. The predicted molar refractivity (Wildman–Crippen MR) is 74.4 cm³/mol. The summed E-state index contributed by atoms with van der Waals surface area (Å²) in [5.41, 5.74) is 4.16. The summed E-state index contributed by atoms with van der Waals surface area (Å²) in [7, 11) is 0. The van der Waals surface area contributed by atoms with Gasteiger partial charge >= 0.3 is 0 Å². The van der Waals surface area contributed by atoms with Crippen molar-refractivity contribution in [3.05, 3.63) is 34.9 Å². The summed E-state index contributed by atoms with van der Waals surface area (Å²) in [6, 6.07) is 7.23. The Labute approximate surface area is 109 Å². The molecule has 2 nitrogen and oxygen atoms in total. The molecule has 96 valence electrons. The molecule has 0 N–H and O–H groups in total. The Bertz CT molecular complexity index is 460. The van der Waals surface area contributed by atoms with Gasteiger partial charge in [-0.3, -0.25) is 4.99 Å². The molecule has 1 aromatic rings. The van der Waals surface area contributed by atoms with Crippen molar-refractivity contribution in [1.29, 1.82) is 0 Å². The first-order chi connectivity index (χ1) is 8.74. The number of fused-ring (bicyclic) bond motifs is 1. The Morgan fingerprint density at radius 2 is 2.11 bits per heavy atom. The van der Waals surface area contributed by atoms with E-state index in [1.807, 2.05) is 0 Å². The lowest BCUT2D eigenvalue weighted by molar-refractivity contribution is -0.0368. The van der Waals surface area contributed by atoms with Crippen LogP contribution in [0.1, 0.15) is 55.3 Å². The number of hydrogen-bond acceptors (Lipinski definition) is 2. The van der Waals surface area contributed by atoms with E-state index in [1.54, 1.807) is 0 Å². The second-order valence-electron chi connectivity index (χ2n) is 5.82. The molecule has 2 heterocycles. The molecule has 0 amide bonds. The van der Waals surface area contributed by atoms with Gasteiger partial charge in [0, 0.05) is 12.1 Å². The van der Waals surface area contributed by atoms with E-state index >= 15 is 0 Å². The van der Waals surface area contributed by atoms with E-state index in [9.17, 15) is 0 Å². The number of nitrogens with zero attached hydrogens (tertiary/aromatic N) is 1. The van der Waals surface area contributed by atoms with Gasteiger partial charge in [-0.2, -0.15) is 0 Å². The van der Waals surface area contributed by atoms with E-state index in [4.69, 9.17) is 4.74 Å². The lowest BCUT2D eigenvalue weighted by atomic mass is 9.92. The van der Waals surface area contributed by atoms with Crippen molar-refractivity contribution in [3.63, 3.8) is 0 Å². The monoisotopic (exact) mass is 243 g/mol. The third-order valence-corrected chi connectivity index (χ3v) is 4.09. The normalized spacial score (nSPS) is 22.3. The van der Waals surface area contributed by atoms with Gasteiger partial charge in [0.2, 0.25) is 0 Å². The summed E-state index contributed by atoms with van der Waals surface area (Å²) in [4.78, 5) is 4.67. The highest BCUT2D eigenvalue weighted by molar-refractivity contribution is 5.85. The molecule has 0 spiro atoms. The van der Waals surface area contributed by atoms with E-state index in [0.717, 1.165) is 19.1 Å². The van der Waals surface area contributed by atoms with Crippen LogP contribution < -0.4 is 0 Å². The minimum Gasteiger partial charge on any atom is -0.381 e. The van der Waals surface area contributed by atoms with E-state index in [0.29, 0.717) is 12.0 Å². The van der Waals surface area contributed by atoms with E-state index in [1.165, 1.54) is 29.5 Å². The van der Waals surface area contributed by atoms with Crippen LogP contribution in [-0.2, 0) is 4.74 Å². The average Bonchev–Trinajstić information content (AvgIpc) is 2.69. The standard InChI is InChI=1S/C16H21NO/c1-11(2)13-4-5-15-14(7-13)8-17-16(15)6-3-12-9-18-10-12/h4-5,7-8,11-12,16H,3,6,9-10H2,1-2H3/t16-/m1/s1. The maximum Gasteiger partial charge on any atom is 0.0755 e. The summed E-state index contributed by atoms with van der Waals surface area (Å²) in [6.07, 6.45) is 4.47. The molecule has 1 aromatic carbocycles. The second kappa shape index (κ2) is 4.85. The van der Waals surface area contributed by atoms with Gasteiger partial charge in [-0.15, -0.1) is 0 Å². The van der Waals surface area contributed by atoms with Gasteiger partial charge in [-0.1, -0.05) is 26.0 Å². The van der Waals surface area contributed by atoms with E-state index in [-0.39, 0.29) is 0 Å². The van der Waals surface area contributed by atoms with Gasteiger partial charge < -0.3 is 4.74 Å². The molecule has 3 rings (SSSR count). The second-order valence-corrected chi connectivity index (χ2v) is 5.82. The van der Waals surface area contributed by atoms with Crippen molar-refractivity contribution < 1.29 is 4.74 Å². The Balaban J connectivity index is 1.69. The Morgan fingerprint density at radius 1 is 1.28 bits per heavy atom. The van der Waals surface area contributed by atoms with E-state index < -0.39 is 0 Å². The molecule has 0 aromatic heterocycles. The summed E-state index contributed by atoms with van der Waals surface area (Å²) >= 11 is 0. The summed E-state index contributed by atoms with van der Waals surface area (Å²) in [5, 5.41) is 0. The minimum atomic E-state index is 0.391. The smallest absolute Gasteiger partial charge is 0.0755 e. The van der Waals surface area contributed by atoms with Gasteiger partial charge in [0.1, 0.15) is 0 Å². The Kier molecular flexibility index (Phi) is 3.21. The van der Waals surface area contributed by atoms with Crippen LogP contribution in [-0.4, -0.2) is 19.4 Å². The minimum absolute atomic E-state index is 0.391. The van der Waals surface area contributed by atoms with Crippen LogP contribution in [0.4, 0.5) is 0 Å². The van der Waals surface area contributed by atoms with Crippen molar-refractivity contribution in [3.8, 4) is 0 Å². The van der Waals surface area contributed by atoms with Crippen LogP contribution >= 0.6 is 0 Å². The fourth-order valence-corrected chi connectivity index (χ4v) is 2.69. The van der Waals surface area contributed by atoms with Crippen LogP contribution in [0, 0.1) is 5.92 Å². The topological polar surface area (TPSA) is 21.6 Å². The highest BCUT2D eigenvalue weighted by Crippen LogP contribution is 2.33. The van der Waals surface area contributed by atoms with E-state index in [2.05, 4.69) is 43.3 Å². The number of rotatable bonds is 4. The Morgan fingerprint density at radius 3 is 2.78 bits per heavy atom. The first-order valence-electron chi connectivity index (χ1n) is 6.99. The summed E-state index contributed by atoms with van der Waals surface area (Å²) in [5.74, 6) is 1.37. The molecule has 0 bridgehead atoms. The number of benzene rings is 1. The molecule has 2 aliphatic rings. The number of hydrogen-bond donors (Lipinski definition) is 0. The van der Waals surface area contributed by atoms with Crippen molar-refractivity contribution >= 4 is 6.21 Å². The van der Waals surface area contributed by atoms with Crippen molar-refractivity contribution in [1.82, 2.24) is 0 Å².